The van der Waals surface area contributed by atoms with Crippen molar-refractivity contribution in [3.8, 4) is 0 Å². The molecule has 0 saturated heterocycles. The summed E-state index contributed by atoms with van der Waals surface area (Å²) in [5.41, 5.74) is 0.620. The zero-order chi connectivity index (χ0) is 25.7. The van der Waals surface area contributed by atoms with Gasteiger partial charge in [0.1, 0.15) is 12.4 Å². The molecular formula is C25H23N3O7S. The van der Waals surface area contributed by atoms with Crippen LogP contribution in [0.15, 0.2) is 89.6 Å². The van der Waals surface area contributed by atoms with Crippen molar-refractivity contribution in [2.45, 2.75) is 24.7 Å². The van der Waals surface area contributed by atoms with Gasteiger partial charge in [-0.3, -0.25) is 9.10 Å². The maximum atomic E-state index is 13.2. The summed E-state index contributed by atoms with van der Waals surface area (Å²) in [6, 6.07) is 20.0. The molecular weight excluding hydrogens is 486 g/mol. The predicted octanol–water partition coefficient (Wildman–Crippen LogP) is 3.74. The highest BCUT2D eigenvalue weighted by Gasteiger charge is 2.39. The van der Waals surface area contributed by atoms with E-state index >= 15 is 0 Å². The molecule has 0 bridgehead atoms. The molecule has 1 aliphatic heterocycles. The fourth-order valence-electron chi connectivity index (χ4n) is 3.47. The lowest BCUT2D eigenvalue weighted by Crippen LogP contribution is -2.38. The summed E-state index contributed by atoms with van der Waals surface area (Å²) in [6.45, 7) is 1.42. The molecule has 4 rings (SSSR count). The number of pyridine rings is 1. The number of carbonyl (C=O) groups is 2. The third kappa shape index (κ3) is 5.31. The molecule has 0 saturated carbocycles. The first-order valence-corrected chi connectivity index (χ1v) is 12.3. The highest BCUT2D eigenvalue weighted by Crippen LogP contribution is 2.37. The van der Waals surface area contributed by atoms with E-state index < -0.39 is 28.4 Å². The first kappa shape index (κ1) is 24.7. The van der Waals surface area contributed by atoms with E-state index in [1.807, 2.05) is 18.2 Å². The number of rotatable bonds is 7. The number of carbonyl (C=O) groups excluding carboxylic acids is 2. The zero-order valence-electron chi connectivity index (χ0n) is 19.5. The van der Waals surface area contributed by atoms with Gasteiger partial charge in [0, 0.05) is 25.7 Å². The minimum atomic E-state index is -4.06. The third-order valence-corrected chi connectivity index (χ3v) is 6.98. The summed E-state index contributed by atoms with van der Waals surface area (Å²) in [4.78, 5) is 29.4. The van der Waals surface area contributed by atoms with Crippen LogP contribution in [-0.4, -0.2) is 43.1 Å². The predicted molar refractivity (Wildman–Crippen MR) is 129 cm³/mol. The molecule has 1 amide bonds. The topological polar surface area (TPSA) is 124 Å². The Morgan fingerprint density at radius 2 is 1.69 bits per heavy atom. The highest BCUT2D eigenvalue weighted by atomic mass is 32.2. The summed E-state index contributed by atoms with van der Waals surface area (Å²) in [6.07, 6.45) is -0.727. The average Bonchev–Trinajstić information content (AvgIpc) is 2.87. The Morgan fingerprint density at radius 3 is 2.42 bits per heavy atom. The number of amides is 1. The standard InChI is InChI=1S/C25H23N3O7S/c1-17(35-25(30)33-16-18-10-4-3-5-11-18)34-23-19-12-6-7-13-20(19)36(31,32)28(2)22(23)24(29)27-21-14-8-9-15-26-21/h3-15,17H,16H2,1-2H3,(H,26,27,29). The number of fused-ring (bicyclic) bond motifs is 1. The lowest BCUT2D eigenvalue weighted by atomic mass is 10.1. The first-order chi connectivity index (χ1) is 17.3. The van der Waals surface area contributed by atoms with Crippen molar-refractivity contribution in [2.75, 3.05) is 12.4 Å². The Hall–Kier alpha value is -4.38. The number of sulfonamides is 1. The normalized spacial score (nSPS) is 14.9. The number of hydrogen-bond acceptors (Lipinski definition) is 8. The van der Waals surface area contributed by atoms with E-state index in [-0.39, 0.29) is 34.3 Å². The zero-order valence-corrected chi connectivity index (χ0v) is 20.3. The molecule has 2 aromatic carbocycles. The van der Waals surface area contributed by atoms with Gasteiger partial charge in [0.25, 0.3) is 15.9 Å². The fraction of sp³-hybridized carbons (Fsp3) is 0.160. The maximum Gasteiger partial charge on any atom is 0.511 e. The van der Waals surface area contributed by atoms with Gasteiger partial charge in [-0.15, -0.1) is 0 Å². The number of hydrogen-bond donors (Lipinski definition) is 1. The second-order valence-electron chi connectivity index (χ2n) is 7.64. The van der Waals surface area contributed by atoms with Crippen molar-refractivity contribution in [3.05, 3.63) is 95.8 Å². The summed E-state index contributed by atoms with van der Waals surface area (Å²) in [7, 11) is -2.82. The van der Waals surface area contributed by atoms with E-state index in [0.29, 0.717) is 0 Å². The van der Waals surface area contributed by atoms with Gasteiger partial charge in [-0.05, 0) is 29.8 Å². The molecule has 0 spiro atoms. The molecule has 3 aromatic rings. The molecule has 186 valence electrons. The van der Waals surface area contributed by atoms with Crippen molar-refractivity contribution in [2.24, 2.45) is 0 Å². The number of likely N-dealkylation sites (N-methyl/N-ethyl adjacent to an activating group) is 1. The molecule has 0 radical (unpaired) electrons. The molecule has 1 aliphatic rings. The van der Waals surface area contributed by atoms with E-state index in [1.54, 1.807) is 42.5 Å². The second-order valence-corrected chi connectivity index (χ2v) is 9.58. The van der Waals surface area contributed by atoms with E-state index in [2.05, 4.69) is 10.3 Å². The Balaban J connectivity index is 1.61. The number of benzene rings is 2. The van der Waals surface area contributed by atoms with Gasteiger partial charge in [-0.1, -0.05) is 48.5 Å². The lowest BCUT2D eigenvalue weighted by molar-refractivity contribution is -0.114. The summed E-state index contributed by atoms with van der Waals surface area (Å²) >= 11 is 0. The summed E-state index contributed by atoms with van der Waals surface area (Å²) in [5, 5.41) is 2.57. The highest BCUT2D eigenvalue weighted by molar-refractivity contribution is 7.89. The maximum absolute atomic E-state index is 13.2. The Labute approximate surface area is 208 Å². The van der Waals surface area contributed by atoms with Crippen molar-refractivity contribution in [1.82, 2.24) is 9.29 Å². The van der Waals surface area contributed by atoms with E-state index in [4.69, 9.17) is 14.2 Å². The van der Waals surface area contributed by atoms with Gasteiger partial charge in [0.2, 0.25) is 6.29 Å². The van der Waals surface area contributed by atoms with Gasteiger partial charge >= 0.3 is 6.16 Å². The van der Waals surface area contributed by atoms with Gasteiger partial charge in [-0.2, -0.15) is 0 Å². The Morgan fingerprint density at radius 1 is 1.00 bits per heavy atom. The van der Waals surface area contributed by atoms with Gasteiger partial charge in [-0.25, -0.2) is 18.2 Å². The second kappa shape index (κ2) is 10.5. The third-order valence-electron chi connectivity index (χ3n) is 5.17. The molecule has 36 heavy (non-hydrogen) atoms. The number of aromatic nitrogens is 1. The fourth-order valence-corrected chi connectivity index (χ4v) is 4.86. The van der Waals surface area contributed by atoms with Gasteiger partial charge in [0.15, 0.2) is 11.5 Å². The Kier molecular flexibility index (Phi) is 7.20. The molecule has 1 aromatic heterocycles. The van der Waals surface area contributed by atoms with Gasteiger partial charge < -0.3 is 19.5 Å². The molecule has 2 heterocycles. The van der Waals surface area contributed by atoms with Crippen LogP contribution < -0.4 is 5.32 Å². The van der Waals surface area contributed by atoms with Crippen LogP contribution in [0.5, 0.6) is 0 Å². The van der Waals surface area contributed by atoms with Crippen LogP contribution in [0.3, 0.4) is 0 Å². The smallest absolute Gasteiger partial charge is 0.452 e. The molecule has 1 N–H and O–H groups in total. The quantitative estimate of drug-likeness (QED) is 0.377. The van der Waals surface area contributed by atoms with Crippen molar-refractivity contribution < 1.29 is 32.2 Å². The lowest BCUT2D eigenvalue weighted by Gasteiger charge is -2.31. The first-order valence-electron chi connectivity index (χ1n) is 10.9. The molecule has 0 aliphatic carbocycles. The van der Waals surface area contributed by atoms with Crippen LogP contribution in [-0.2, 0) is 35.6 Å². The molecule has 0 fully saturated rings. The summed E-state index contributed by atoms with van der Waals surface area (Å²) < 4.78 is 43.2. The number of anilines is 1. The van der Waals surface area contributed by atoms with Crippen molar-refractivity contribution >= 4 is 33.7 Å². The number of nitrogens with zero attached hydrogens (tertiary/aromatic N) is 2. The Bertz CT molecular complexity index is 1390. The van der Waals surface area contributed by atoms with E-state index in [1.165, 1.54) is 32.3 Å². The van der Waals surface area contributed by atoms with Crippen molar-refractivity contribution in [3.63, 3.8) is 0 Å². The van der Waals surface area contributed by atoms with Crippen LogP contribution in [0.2, 0.25) is 0 Å². The van der Waals surface area contributed by atoms with Crippen LogP contribution in [0, 0.1) is 0 Å². The average molecular weight is 510 g/mol. The van der Waals surface area contributed by atoms with Crippen LogP contribution in [0.1, 0.15) is 18.1 Å². The van der Waals surface area contributed by atoms with Gasteiger partial charge in [0.05, 0.1) is 4.90 Å². The van der Waals surface area contributed by atoms with Crippen LogP contribution in [0.25, 0.3) is 5.76 Å². The minimum absolute atomic E-state index is 0.00334. The van der Waals surface area contributed by atoms with E-state index in [0.717, 1.165) is 9.87 Å². The van der Waals surface area contributed by atoms with E-state index in [9.17, 15) is 18.0 Å². The number of nitrogens with one attached hydrogen (secondary N) is 1. The number of ether oxygens (including phenoxy) is 3. The molecule has 10 nitrogen and oxygen atoms in total. The van der Waals surface area contributed by atoms with Crippen molar-refractivity contribution in [1.29, 1.82) is 0 Å². The van der Waals surface area contributed by atoms with Crippen LogP contribution >= 0.6 is 0 Å². The van der Waals surface area contributed by atoms with Crippen LogP contribution in [0.4, 0.5) is 10.6 Å². The molecule has 1 unspecified atom stereocenters. The summed E-state index contributed by atoms with van der Waals surface area (Å²) in [5.74, 6) is -0.643. The minimum Gasteiger partial charge on any atom is -0.452 e. The monoisotopic (exact) mass is 509 g/mol. The molecule has 1 atom stereocenters. The largest absolute Gasteiger partial charge is 0.511 e. The molecule has 11 heteroatoms. The SMILES string of the molecule is CC(OC(=O)OCc1ccccc1)OC1=C(C(=O)Nc2ccccn2)N(C)S(=O)(=O)c2ccccc21.